The monoisotopic (exact) mass is 230 g/mol. The van der Waals surface area contributed by atoms with Crippen molar-refractivity contribution in [2.75, 3.05) is 0 Å². The van der Waals surface area contributed by atoms with Gasteiger partial charge in [-0.2, -0.15) is 0 Å². The van der Waals surface area contributed by atoms with Crippen LogP contribution in [-0.2, 0) is 9.59 Å². The van der Waals surface area contributed by atoms with Crippen LogP contribution in [0.5, 0.6) is 0 Å². The molecule has 4 heteroatoms. The van der Waals surface area contributed by atoms with Crippen LogP contribution < -0.4 is 0 Å². The highest BCUT2D eigenvalue weighted by Gasteiger charge is 2.01. The normalized spacial score (nSPS) is 9.25. The molecule has 0 spiro atoms. The average molecular weight is 230 g/mol. The zero-order valence-corrected chi connectivity index (χ0v) is 10.3. The average Bonchev–Trinajstić information content (AvgIpc) is 2.17. The lowest BCUT2D eigenvalue weighted by Crippen LogP contribution is -2.00. The maximum absolute atomic E-state index is 9.64. The Morgan fingerprint density at radius 2 is 1.38 bits per heavy atom. The van der Waals surface area contributed by atoms with Crippen molar-refractivity contribution in [2.45, 2.75) is 46.5 Å². The third kappa shape index (κ3) is 12.7. The molecule has 0 rings (SSSR count). The molecule has 0 atom stereocenters. The molecule has 94 valence electrons. The molecule has 0 fully saturated rings. The Morgan fingerprint density at radius 1 is 1.06 bits per heavy atom. The van der Waals surface area contributed by atoms with Gasteiger partial charge in [-0.05, 0) is 25.7 Å². The smallest absolute Gasteiger partial charge is 0.303 e. The van der Waals surface area contributed by atoms with E-state index in [1.54, 1.807) is 0 Å². The highest BCUT2D eigenvalue weighted by Crippen LogP contribution is 2.15. The van der Waals surface area contributed by atoms with E-state index in [9.17, 15) is 9.59 Å². The number of aliphatic carboxylic acids is 2. The molecular formula is C12H22O4. The van der Waals surface area contributed by atoms with E-state index in [2.05, 4.69) is 27.4 Å². The Kier molecular flexibility index (Phi) is 10.9. The number of hydrogen-bond donors (Lipinski definition) is 2. The Bertz CT molecular complexity index is 215. The molecule has 0 saturated heterocycles. The molecule has 0 aliphatic rings. The van der Waals surface area contributed by atoms with Gasteiger partial charge in [0.05, 0.1) is 12.8 Å². The fraction of sp³-hybridized carbons (Fsp3) is 0.667. The first-order chi connectivity index (χ1) is 7.34. The summed E-state index contributed by atoms with van der Waals surface area (Å²) in [7, 11) is 0. The summed E-state index contributed by atoms with van der Waals surface area (Å²) >= 11 is 0. The van der Waals surface area contributed by atoms with Crippen LogP contribution in [0.25, 0.3) is 0 Å². The van der Waals surface area contributed by atoms with Gasteiger partial charge in [0, 0.05) is 0 Å². The molecule has 2 N–H and O–H groups in total. The van der Waals surface area contributed by atoms with Gasteiger partial charge in [-0.1, -0.05) is 26.0 Å². The second-order valence-electron chi connectivity index (χ2n) is 3.65. The van der Waals surface area contributed by atoms with Crippen molar-refractivity contribution in [3.8, 4) is 0 Å². The van der Waals surface area contributed by atoms with Crippen molar-refractivity contribution in [2.24, 2.45) is 5.92 Å². The minimum Gasteiger partial charge on any atom is -0.481 e. The molecule has 0 radical (unpaired) electrons. The Labute approximate surface area is 97.0 Å². The first kappa shape index (κ1) is 17.1. The summed E-state index contributed by atoms with van der Waals surface area (Å²) in [6.45, 7) is 10.4. The molecule has 0 saturated carbocycles. The van der Waals surface area contributed by atoms with E-state index in [1.807, 2.05) is 0 Å². The van der Waals surface area contributed by atoms with Crippen molar-refractivity contribution < 1.29 is 19.8 Å². The molecule has 0 aromatic heterocycles. The van der Waals surface area contributed by atoms with Gasteiger partial charge in [0.2, 0.25) is 0 Å². The zero-order valence-electron chi connectivity index (χ0n) is 10.3. The summed E-state index contributed by atoms with van der Waals surface area (Å²) in [5.41, 5.74) is 1.33. The molecule has 0 aromatic rings. The summed E-state index contributed by atoms with van der Waals surface area (Å²) in [5.74, 6) is -1.39. The Balaban J connectivity index is 0. The van der Waals surface area contributed by atoms with Crippen molar-refractivity contribution in [1.82, 2.24) is 0 Å². The number of carbonyl (C=O) groups is 2. The molecule has 0 heterocycles. The lowest BCUT2D eigenvalue weighted by Gasteiger charge is -2.09. The van der Waals surface area contributed by atoms with E-state index in [0.717, 1.165) is 5.92 Å². The van der Waals surface area contributed by atoms with E-state index in [1.165, 1.54) is 18.4 Å². The van der Waals surface area contributed by atoms with E-state index in [4.69, 9.17) is 10.2 Å². The molecule has 0 aromatic carbocycles. The minimum absolute atomic E-state index is 0.296. The van der Waals surface area contributed by atoms with Crippen LogP contribution in [0.3, 0.4) is 0 Å². The van der Waals surface area contributed by atoms with Gasteiger partial charge in [-0.3, -0.25) is 9.59 Å². The number of carboxylic acid groups (broad SMARTS) is 2. The topological polar surface area (TPSA) is 74.6 Å². The summed E-state index contributed by atoms with van der Waals surface area (Å²) in [6.07, 6.45) is 1.89. The zero-order chi connectivity index (χ0) is 13.1. The fourth-order valence-corrected chi connectivity index (χ4v) is 1.20. The van der Waals surface area contributed by atoms with E-state index < -0.39 is 11.9 Å². The fourth-order valence-electron chi connectivity index (χ4n) is 1.20. The summed E-state index contributed by atoms with van der Waals surface area (Å²) in [5, 5.41) is 15.8. The third-order valence-electron chi connectivity index (χ3n) is 2.24. The largest absolute Gasteiger partial charge is 0.481 e. The van der Waals surface area contributed by atoms with Crippen LogP contribution in [0.2, 0.25) is 0 Å². The summed E-state index contributed by atoms with van der Waals surface area (Å²) < 4.78 is 0. The van der Waals surface area contributed by atoms with Gasteiger partial charge in [-0.25, -0.2) is 0 Å². The second-order valence-corrected chi connectivity index (χ2v) is 3.65. The van der Waals surface area contributed by atoms with Crippen LogP contribution in [0.15, 0.2) is 12.2 Å². The highest BCUT2D eigenvalue weighted by atomic mass is 16.4. The maximum atomic E-state index is 9.64. The van der Waals surface area contributed by atoms with Gasteiger partial charge in [-0.15, -0.1) is 0 Å². The molecule has 0 amide bonds. The Morgan fingerprint density at radius 3 is 1.44 bits per heavy atom. The lowest BCUT2D eigenvalue weighted by atomic mass is 9.97. The van der Waals surface area contributed by atoms with Crippen LogP contribution in [0.4, 0.5) is 0 Å². The van der Waals surface area contributed by atoms with Crippen LogP contribution >= 0.6 is 0 Å². The minimum atomic E-state index is -1.08. The number of hydrogen-bond acceptors (Lipinski definition) is 2. The maximum Gasteiger partial charge on any atom is 0.303 e. The molecule has 4 nitrogen and oxygen atoms in total. The van der Waals surface area contributed by atoms with Crippen LogP contribution in [0, 0.1) is 5.92 Å². The Hall–Kier alpha value is -1.32. The number of carboxylic acids is 2. The van der Waals surface area contributed by atoms with Crippen molar-refractivity contribution >= 4 is 11.9 Å². The van der Waals surface area contributed by atoms with Gasteiger partial charge in [0.1, 0.15) is 0 Å². The quantitative estimate of drug-likeness (QED) is 0.688. The summed E-state index contributed by atoms with van der Waals surface area (Å²) in [6, 6.07) is 0. The highest BCUT2D eigenvalue weighted by molar-refractivity contribution is 5.75. The molecule has 0 bridgehead atoms. The van der Waals surface area contributed by atoms with Gasteiger partial charge >= 0.3 is 11.9 Å². The van der Waals surface area contributed by atoms with Gasteiger partial charge in [0.25, 0.3) is 0 Å². The third-order valence-corrected chi connectivity index (χ3v) is 2.24. The molecule has 0 aliphatic heterocycles. The van der Waals surface area contributed by atoms with Gasteiger partial charge < -0.3 is 10.2 Å². The SMILES string of the molecule is C=C(C)C(CC)CC.O=C(O)CCC(=O)O. The van der Waals surface area contributed by atoms with Crippen molar-refractivity contribution in [3.05, 3.63) is 12.2 Å². The first-order valence-corrected chi connectivity index (χ1v) is 5.44. The molecule has 16 heavy (non-hydrogen) atoms. The molecule has 0 aliphatic carbocycles. The predicted octanol–water partition coefficient (Wildman–Crippen LogP) is 2.93. The lowest BCUT2D eigenvalue weighted by molar-refractivity contribution is -0.143. The number of rotatable bonds is 6. The number of allylic oxidation sites excluding steroid dienone is 1. The van der Waals surface area contributed by atoms with E-state index in [-0.39, 0.29) is 12.8 Å². The van der Waals surface area contributed by atoms with Crippen LogP contribution in [0.1, 0.15) is 46.5 Å². The van der Waals surface area contributed by atoms with Crippen LogP contribution in [-0.4, -0.2) is 22.2 Å². The van der Waals surface area contributed by atoms with Crippen molar-refractivity contribution in [3.63, 3.8) is 0 Å². The van der Waals surface area contributed by atoms with E-state index in [0.29, 0.717) is 0 Å². The molecular weight excluding hydrogens is 208 g/mol. The second kappa shape index (κ2) is 10.2. The summed E-state index contributed by atoms with van der Waals surface area (Å²) in [4.78, 5) is 19.3. The predicted molar refractivity (Wildman–Crippen MR) is 63.4 cm³/mol. The van der Waals surface area contributed by atoms with Gasteiger partial charge in [0.15, 0.2) is 0 Å². The van der Waals surface area contributed by atoms with E-state index >= 15 is 0 Å². The molecule has 0 unspecified atom stereocenters. The van der Waals surface area contributed by atoms with Crippen molar-refractivity contribution in [1.29, 1.82) is 0 Å². The first-order valence-electron chi connectivity index (χ1n) is 5.44. The standard InChI is InChI=1S/C8H16.C4H6O4/c1-5-8(6-2)7(3)4;5-3(6)1-2-4(7)8/h8H,3,5-6H2,1-2,4H3;1-2H2,(H,5,6)(H,7,8).